The smallest absolute Gasteiger partial charge is 0.275 e. The monoisotopic (exact) mass is 296 g/mol. The minimum atomic E-state index is 0.0125. The Labute approximate surface area is 125 Å². The summed E-state index contributed by atoms with van der Waals surface area (Å²) in [4.78, 5) is 16.0. The van der Waals surface area contributed by atoms with E-state index >= 15 is 0 Å². The lowest BCUT2D eigenvalue weighted by atomic mass is 10.1. The first-order valence-corrected chi connectivity index (χ1v) is 7.31. The van der Waals surface area contributed by atoms with Crippen LogP contribution in [0.25, 0.3) is 32.7 Å². The van der Waals surface area contributed by atoms with Crippen LogP contribution in [0.5, 0.6) is 0 Å². The normalized spacial score (nSPS) is 11.7. The zero-order valence-corrected chi connectivity index (χ0v) is 12.2. The molecule has 2 heterocycles. The fraction of sp³-hybridized carbons (Fsp3) is 0.118. The van der Waals surface area contributed by atoms with Crippen LogP contribution < -0.4 is 5.56 Å². The number of fused-ring (bicyclic) bond motifs is 5. The average molecular weight is 297 g/mol. The number of aromatic nitrogens is 2. The molecule has 0 saturated carbocycles. The Hall–Kier alpha value is -2.26. The number of aromatic amines is 1. The van der Waals surface area contributed by atoms with Gasteiger partial charge in [-0.15, -0.1) is 0 Å². The van der Waals surface area contributed by atoms with E-state index in [4.69, 9.17) is 11.6 Å². The largest absolute Gasteiger partial charge is 0.350 e. The third kappa shape index (κ3) is 1.64. The highest BCUT2D eigenvalue weighted by atomic mass is 35.5. The van der Waals surface area contributed by atoms with Crippen LogP contribution in [0.4, 0.5) is 0 Å². The molecule has 1 N–H and O–H groups in total. The molecule has 4 rings (SSSR count). The van der Waals surface area contributed by atoms with Crippen LogP contribution in [0, 0.1) is 0 Å². The Morgan fingerprint density at radius 2 is 1.95 bits per heavy atom. The summed E-state index contributed by atoms with van der Waals surface area (Å²) in [5.74, 6) is 0. The number of para-hydroxylation sites is 1. The van der Waals surface area contributed by atoms with Gasteiger partial charge in [0.05, 0.1) is 5.52 Å². The molecule has 104 valence electrons. The molecule has 4 aromatic rings. The topological polar surface area (TPSA) is 37.8 Å². The lowest BCUT2D eigenvalue weighted by Crippen LogP contribution is -2.19. The third-order valence-corrected chi connectivity index (χ3v) is 4.24. The summed E-state index contributed by atoms with van der Waals surface area (Å²) in [7, 11) is 0. The van der Waals surface area contributed by atoms with E-state index in [-0.39, 0.29) is 5.56 Å². The lowest BCUT2D eigenvalue weighted by Gasteiger charge is -2.09. The second kappa shape index (κ2) is 4.37. The molecular weight excluding hydrogens is 284 g/mol. The van der Waals surface area contributed by atoms with Gasteiger partial charge in [-0.2, -0.15) is 0 Å². The molecule has 0 aliphatic heterocycles. The number of nitrogens with zero attached hydrogens (tertiary/aromatic N) is 1. The number of H-pyrrole nitrogens is 1. The second-order valence-electron chi connectivity index (χ2n) is 5.13. The van der Waals surface area contributed by atoms with Gasteiger partial charge in [-0.3, -0.25) is 4.79 Å². The molecule has 0 fully saturated rings. The van der Waals surface area contributed by atoms with E-state index in [9.17, 15) is 4.79 Å². The summed E-state index contributed by atoms with van der Waals surface area (Å²) in [6.07, 6.45) is 0. The zero-order chi connectivity index (χ0) is 14.6. The quantitative estimate of drug-likeness (QED) is 0.558. The van der Waals surface area contributed by atoms with E-state index in [1.807, 2.05) is 43.3 Å². The minimum absolute atomic E-state index is 0.0125. The van der Waals surface area contributed by atoms with Gasteiger partial charge in [-0.25, -0.2) is 0 Å². The summed E-state index contributed by atoms with van der Waals surface area (Å²) >= 11 is 6.13. The van der Waals surface area contributed by atoms with Gasteiger partial charge >= 0.3 is 0 Å². The maximum atomic E-state index is 12.7. The number of hydrogen-bond donors (Lipinski definition) is 1. The molecule has 0 saturated heterocycles. The van der Waals surface area contributed by atoms with Crippen molar-refractivity contribution in [3.63, 3.8) is 0 Å². The number of pyridine rings is 1. The van der Waals surface area contributed by atoms with Crippen molar-refractivity contribution in [1.82, 2.24) is 9.55 Å². The molecule has 0 unspecified atom stereocenters. The summed E-state index contributed by atoms with van der Waals surface area (Å²) in [5, 5.41) is 3.70. The summed E-state index contributed by atoms with van der Waals surface area (Å²) < 4.78 is 1.80. The molecular formula is C17H13ClN2O. The minimum Gasteiger partial charge on any atom is -0.350 e. The number of nitrogens with one attached hydrogen (secondary N) is 1. The first kappa shape index (κ1) is 12.5. The molecule has 21 heavy (non-hydrogen) atoms. The summed E-state index contributed by atoms with van der Waals surface area (Å²) in [6.45, 7) is 2.63. The number of benzene rings is 2. The van der Waals surface area contributed by atoms with Gasteiger partial charge in [-0.1, -0.05) is 29.8 Å². The Morgan fingerprint density at radius 1 is 1.14 bits per heavy atom. The van der Waals surface area contributed by atoms with Crippen molar-refractivity contribution in [2.24, 2.45) is 0 Å². The van der Waals surface area contributed by atoms with Gasteiger partial charge in [0.15, 0.2) is 0 Å². The molecule has 3 nitrogen and oxygen atoms in total. The lowest BCUT2D eigenvalue weighted by molar-refractivity contribution is 0.765. The van der Waals surface area contributed by atoms with Crippen molar-refractivity contribution < 1.29 is 0 Å². The van der Waals surface area contributed by atoms with Gasteiger partial charge < -0.3 is 9.55 Å². The second-order valence-corrected chi connectivity index (χ2v) is 5.57. The average Bonchev–Trinajstić information content (AvgIpc) is 2.87. The number of aryl methyl sites for hydroxylation is 1. The maximum absolute atomic E-state index is 12.7. The number of rotatable bonds is 1. The van der Waals surface area contributed by atoms with Crippen molar-refractivity contribution in [2.45, 2.75) is 13.5 Å². The Morgan fingerprint density at radius 3 is 2.76 bits per heavy atom. The Bertz CT molecular complexity index is 1060. The highest BCUT2D eigenvalue weighted by molar-refractivity contribution is 6.32. The van der Waals surface area contributed by atoms with Crippen LogP contribution >= 0.6 is 11.6 Å². The molecule has 0 atom stereocenters. The van der Waals surface area contributed by atoms with E-state index in [2.05, 4.69) is 11.1 Å². The standard InChI is InChI=1S/C17H13ClN2O/c1-2-20-14-6-4-3-5-11(14)15-12-9-10(18)7-8-13(12)19-16(15)17(20)21/h3-9,19H,2H2,1H3. The van der Waals surface area contributed by atoms with Crippen molar-refractivity contribution in [3.05, 3.63) is 57.8 Å². The zero-order valence-electron chi connectivity index (χ0n) is 11.5. The number of hydrogen-bond acceptors (Lipinski definition) is 1. The molecule has 0 aliphatic rings. The van der Waals surface area contributed by atoms with Gasteiger partial charge in [0.2, 0.25) is 0 Å². The predicted molar refractivity (Wildman–Crippen MR) is 88.3 cm³/mol. The van der Waals surface area contributed by atoms with E-state index in [1.165, 1.54) is 0 Å². The molecule has 0 radical (unpaired) electrons. The van der Waals surface area contributed by atoms with Gasteiger partial charge in [-0.05, 0) is 31.2 Å². The van der Waals surface area contributed by atoms with Gasteiger partial charge in [0.1, 0.15) is 5.52 Å². The molecule has 0 aliphatic carbocycles. The fourth-order valence-corrected chi connectivity index (χ4v) is 3.26. The van der Waals surface area contributed by atoms with Crippen molar-refractivity contribution in [1.29, 1.82) is 0 Å². The van der Waals surface area contributed by atoms with E-state index in [1.54, 1.807) is 4.57 Å². The Kier molecular flexibility index (Phi) is 2.59. The highest BCUT2D eigenvalue weighted by Crippen LogP contribution is 2.31. The van der Waals surface area contributed by atoms with Gasteiger partial charge in [0, 0.05) is 33.2 Å². The van der Waals surface area contributed by atoms with E-state index in [0.29, 0.717) is 17.1 Å². The molecule has 4 heteroatoms. The molecule has 2 aromatic heterocycles. The Balaban J connectivity index is 2.40. The number of halogens is 1. The predicted octanol–water partition coefficient (Wildman–Crippen LogP) is 4.31. The summed E-state index contributed by atoms with van der Waals surface area (Å²) in [5.41, 5.74) is 2.55. The molecule has 0 bridgehead atoms. The van der Waals surface area contributed by atoms with Crippen LogP contribution in [0.15, 0.2) is 47.3 Å². The van der Waals surface area contributed by atoms with Crippen molar-refractivity contribution >= 4 is 44.3 Å². The third-order valence-electron chi connectivity index (χ3n) is 4.00. The SMILES string of the molecule is CCn1c(=O)c2[nH]c3ccc(Cl)cc3c2c2ccccc21. The first-order valence-electron chi connectivity index (χ1n) is 6.93. The van der Waals surface area contributed by atoms with Crippen molar-refractivity contribution in [3.8, 4) is 0 Å². The molecule has 0 amide bonds. The maximum Gasteiger partial charge on any atom is 0.275 e. The molecule has 0 spiro atoms. The van der Waals surface area contributed by atoms with Crippen LogP contribution in [-0.4, -0.2) is 9.55 Å². The van der Waals surface area contributed by atoms with Gasteiger partial charge in [0.25, 0.3) is 5.56 Å². The van der Waals surface area contributed by atoms with Crippen LogP contribution in [0.1, 0.15) is 6.92 Å². The van der Waals surface area contributed by atoms with E-state index in [0.717, 1.165) is 27.2 Å². The highest BCUT2D eigenvalue weighted by Gasteiger charge is 2.14. The fourth-order valence-electron chi connectivity index (χ4n) is 3.08. The van der Waals surface area contributed by atoms with Crippen molar-refractivity contribution in [2.75, 3.05) is 0 Å². The summed E-state index contributed by atoms with van der Waals surface area (Å²) in [6, 6.07) is 13.7. The van der Waals surface area contributed by atoms with Crippen LogP contribution in [-0.2, 0) is 6.54 Å². The van der Waals surface area contributed by atoms with Crippen LogP contribution in [0.3, 0.4) is 0 Å². The van der Waals surface area contributed by atoms with E-state index < -0.39 is 0 Å². The molecule has 2 aromatic carbocycles. The first-order chi connectivity index (χ1) is 10.2. The van der Waals surface area contributed by atoms with Crippen LogP contribution in [0.2, 0.25) is 5.02 Å².